The van der Waals surface area contributed by atoms with E-state index in [4.69, 9.17) is 16.3 Å². The van der Waals surface area contributed by atoms with Gasteiger partial charge in [0.2, 0.25) is 10.0 Å². The second-order valence-corrected chi connectivity index (χ2v) is 8.52. The third-order valence-corrected chi connectivity index (χ3v) is 5.81. The van der Waals surface area contributed by atoms with Crippen LogP contribution in [0.1, 0.15) is 35.3 Å². The molecular formula is C19H23ClN2O4S. The van der Waals surface area contributed by atoms with Gasteiger partial charge in [-0.05, 0) is 42.3 Å². The Morgan fingerprint density at radius 2 is 1.85 bits per heavy atom. The zero-order valence-electron chi connectivity index (χ0n) is 15.7. The molecule has 27 heavy (non-hydrogen) atoms. The van der Waals surface area contributed by atoms with Crippen molar-refractivity contribution in [2.24, 2.45) is 0 Å². The SMILES string of the molecule is CCC(NC(=O)c1ccc(N(C)S(C)(=O)=O)cc1Cl)c1ccc(OC)cc1. The fourth-order valence-electron chi connectivity index (χ4n) is 2.57. The topological polar surface area (TPSA) is 75.7 Å². The van der Waals surface area contributed by atoms with Crippen LogP contribution < -0.4 is 14.4 Å². The first-order valence-corrected chi connectivity index (χ1v) is 10.6. The van der Waals surface area contributed by atoms with E-state index in [1.165, 1.54) is 19.2 Å². The summed E-state index contributed by atoms with van der Waals surface area (Å²) in [6, 6.07) is 11.8. The van der Waals surface area contributed by atoms with Gasteiger partial charge >= 0.3 is 0 Å². The Hall–Kier alpha value is -2.25. The molecular weight excluding hydrogens is 388 g/mol. The molecule has 0 fully saturated rings. The van der Waals surface area contributed by atoms with Crippen LogP contribution in [-0.4, -0.2) is 34.7 Å². The van der Waals surface area contributed by atoms with Crippen molar-refractivity contribution in [1.82, 2.24) is 5.32 Å². The molecule has 0 radical (unpaired) electrons. The molecule has 1 N–H and O–H groups in total. The number of sulfonamides is 1. The zero-order chi connectivity index (χ0) is 20.2. The number of amides is 1. The van der Waals surface area contributed by atoms with E-state index in [2.05, 4.69) is 5.32 Å². The first-order chi connectivity index (χ1) is 12.7. The Morgan fingerprint density at radius 1 is 1.22 bits per heavy atom. The molecule has 0 aliphatic heterocycles. The molecule has 0 aliphatic rings. The predicted molar refractivity (Wildman–Crippen MR) is 108 cm³/mol. The Kier molecular flexibility index (Phi) is 6.73. The van der Waals surface area contributed by atoms with Crippen LogP contribution in [0.4, 0.5) is 5.69 Å². The molecule has 2 aromatic carbocycles. The molecule has 1 atom stereocenters. The highest BCUT2D eigenvalue weighted by atomic mass is 35.5. The third-order valence-electron chi connectivity index (χ3n) is 4.29. The second kappa shape index (κ2) is 8.63. The van der Waals surface area contributed by atoms with Gasteiger partial charge in [0.15, 0.2) is 0 Å². The number of carbonyl (C=O) groups excluding carboxylic acids is 1. The van der Waals surface area contributed by atoms with E-state index in [-0.39, 0.29) is 22.5 Å². The molecule has 6 nitrogen and oxygen atoms in total. The van der Waals surface area contributed by atoms with Gasteiger partial charge < -0.3 is 10.1 Å². The lowest BCUT2D eigenvalue weighted by atomic mass is 10.0. The standard InChI is InChI=1S/C19H23ClN2O4S/c1-5-18(13-6-9-15(26-3)10-7-13)21-19(23)16-11-8-14(12-17(16)20)22(2)27(4,24)25/h6-12,18H,5H2,1-4H3,(H,21,23). The average Bonchev–Trinajstić information content (AvgIpc) is 2.64. The lowest BCUT2D eigenvalue weighted by Gasteiger charge is -2.20. The van der Waals surface area contributed by atoms with Gasteiger partial charge in [-0.15, -0.1) is 0 Å². The summed E-state index contributed by atoms with van der Waals surface area (Å²) in [5.41, 5.74) is 1.63. The number of halogens is 1. The van der Waals surface area contributed by atoms with E-state index in [9.17, 15) is 13.2 Å². The summed E-state index contributed by atoms with van der Waals surface area (Å²) in [7, 11) is -0.380. The molecule has 2 aromatic rings. The van der Waals surface area contributed by atoms with E-state index in [0.717, 1.165) is 21.9 Å². The number of ether oxygens (including phenoxy) is 1. The smallest absolute Gasteiger partial charge is 0.253 e. The Morgan fingerprint density at radius 3 is 2.33 bits per heavy atom. The van der Waals surface area contributed by atoms with Crippen LogP contribution in [0.3, 0.4) is 0 Å². The van der Waals surface area contributed by atoms with E-state index in [0.29, 0.717) is 12.1 Å². The van der Waals surface area contributed by atoms with Gasteiger partial charge in [-0.1, -0.05) is 30.7 Å². The van der Waals surface area contributed by atoms with Crippen molar-refractivity contribution in [2.75, 3.05) is 24.7 Å². The van der Waals surface area contributed by atoms with Gasteiger partial charge in [0.05, 0.1) is 35.7 Å². The minimum absolute atomic E-state index is 0.183. The van der Waals surface area contributed by atoms with Gasteiger partial charge in [-0.25, -0.2) is 8.42 Å². The molecule has 0 saturated carbocycles. The minimum Gasteiger partial charge on any atom is -0.497 e. The van der Waals surface area contributed by atoms with Crippen LogP contribution in [0.15, 0.2) is 42.5 Å². The number of anilines is 1. The highest BCUT2D eigenvalue weighted by Gasteiger charge is 2.19. The summed E-state index contributed by atoms with van der Waals surface area (Å²) < 4.78 is 29.5. The molecule has 0 bridgehead atoms. The number of methoxy groups -OCH3 is 1. The lowest BCUT2D eigenvalue weighted by Crippen LogP contribution is -2.29. The van der Waals surface area contributed by atoms with Gasteiger partial charge in [-0.2, -0.15) is 0 Å². The molecule has 146 valence electrons. The first-order valence-electron chi connectivity index (χ1n) is 8.35. The number of rotatable bonds is 7. The number of hydrogen-bond acceptors (Lipinski definition) is 4. The highest BCUT2D eigenvalue weighted by Crippen LogP contribution is 2.26. The van der Waals surface area contributed by atoms with Crippen molar-refractivity contribution in [2.45, 2.75) is 19.4 Å². The number of carbonyl (C=O) groups is 1. The van der Waals surface area contributed by atoms with Crippen molar-refractivity contribution in [3.05, 3.63) is 58.6 Å². The van der Waals surface area contributed by atoms with Gasteiger partial charge in [0, 0.05) is 7.05 Å². The molecule has 2 rings (SSSR count). The Labute approximate surface area is 165 Å². The second-order valence-electron chi connectivity index (χ2n) is 6.10. The van der Waals surface area contributed by atoms with E-state index < -0.39 is 10.0 Å². The summed E-state index contributed by atoms with van der Waals surface area (Å²) >= 11 is 6.23. The highest BCUT2D eigenvalue weighted by molar-refractivity contribution is 7.92. The normalized spacial score (nSPS) is 12.3. The molecule has 1 unspecified atom stereocenters. The molecule has 0 spiro atoms. The lowest BCUT2D eigenvalue weighted by molar-refractivity contribution is 0.0935. The van der Waals surface area contributed by atoms with E-state index in [1.54, 1.807) is 13.2 Å². The minimum atomic E-state index is -3.41. The first kappa shape index (κ1) is 21.1. The van der Waals surface area contributed by atoms with Crippen molar-refractivity contribution >= 4 is 33.2 Å². The summed E-state index contributed by atoms with van der Waals surface area (Å²) in [6.45, 7) is 1.97. The largest absolute Gasteiger partial charge is 0.497 e. The predicted octanol–water partition coefficient (Wildman–Crippen LogP) is 3.63. The maximum absolute atomic E-state index is 12.7. The van der Waals surface area contributed by atoms with Crippen LogP contribution >= 0.6 is 11.6 Å². The maximum Gasteiger partial charge on any atom is 0.253 e. The van der Waals surface area contributed by atoms with Crippen LogP contribution in [0.25, 0.3) is 0 Å². The fraction of sp³-hybridized carbons (Fsp3) is 0.316. The van der Waals surface area contributed by atoms with Crippen molar-refractivity contribution < 1.29 is 17.9 Å². The molecule has 0 saturated heterocycles. The zero-order valence-corrected chi connectivity index (χ0v) is 17.3. The van der Waals surface area contributed by atoms with E-state index in [1.807, 2.05) is 31.2 Å². The summed E-state index contributed by atoms with van der Waals surface area (Å²) in [6.07, 6.45) is 1.80. The number of nitrogens with one attached hydrogen (secondary N) is 1. The molecule has 0 heterocycles. The maximum atomic E-state index is 12.7. The van der Waals surface area contributed by atoms with Crippen molar-refractivity contribution in [3.8, 4) is 5.75 Å². The van der Waals surface area contributed by atoms with Crippen LogP contribution in [0.5, 0.6) is 5.75 Å². The number of nitrogens with zero attached hydrogens (tertiary/aromatic N) is 1. The Bertz CT molecular complexity index is 914. The molecule has 0 aliphatic carbocycles. The van der Waals surface area contributed by atoms with Gasteiger partial charge in [0.1, 0.15) is 5.75 Å². The summed E-state index contributed by atoms with van der Waals surface area (Å²) in [5, 5.41) is 3.15. The average molecular weight is 411 g/mol. The monoisotopic (exact) mass is 410 g/mol. The van der Waals surface area contributed by atoms with Gasteiger partial charge in [0.25, 0.3) is 5.91 Å². The van der Waals surface area contributed by atoms with Crippen molar-refractivity contribution in [1.29, 1.82) is 0 Å². The van der Waals surface area contributed by atoms with Crippen molar-refractivity contribution in [3.63, 3.8) is 0 Å². The molecule has 8 heteroatoms. The number of benzene rings is 2. The van der Waals surface area contributed by atoms with Crippen LogP contribution in [0.2, 0.25) is 5.02 Å². The fourth-order valence-corrected chi connectivity index (χ4v) is 3.33. The Balaban J connectivity index is 2.20. The molecule has 1 amide bonds. The van der Waals surface area contributed by atoms with E-state index >= 15 is 0 Å². The van der Waals surface area contributed by atoms with Crippen LogP contribution in [-0.2, 0) is 10.0 Å². The molecule has 0 aromatic heterocycles. The number of hydrogen-bond donors (Lipinski definition) is 1. The van der Waals surface area contributed by atoms with Crippen LogP contribution in [0, 0.1) is 0 Å². The summed E-state index contributed by atoms with van der Waals surface area (Å²) in [4.78, 5) is 12.7. The quantitative estimate of drug-likeness (QED) is 0.756. The summed E-state index contributed by atoms with van der Waals surface area (Å²) in [5.74, 6) is 0.421. The third kappa shape index (κ3) is 5.14. The van der Waals surface area contributed by atoms with Gasteiger partial charge in [-0.3, -0.25) is 9.10 Å².